The van der Waals surface area contributed by atoms with Crippen LogP contribution < -0.4 is 0 Å². The number of carbonyl (C=O) groups is 1. The maximum atomic E-state index is 11.6. The van der Waals surface area contributed by atoms with E-state index in [0.717, 1.165) is 25.7 Å². The van der Waals surface area contributed by atoms with Crippen molar-refractivity contribution in [3.8, 4) is 0 Å². The Bertz CT molecular complexity index is 186. The molecule has 0 aromatic heterocycles. The van der Waals surface area contributed by atoms with Gasteiger partial charge in [-0.2, -0.15) is 0 Å². The molecular weight excluding hydrogens is 244 g/mol. The van der Waals surface area contributed by atoms with Crippen LogP contribution in [0.4, 0.5) is 0 Å². The minimum atomic E-state index is 0. The highest BCUT2D eigenvalue weighted by molar-refractivity contribution is 5.78. The average Bonchev–Trinajstić information content (AvgIpc) is 2.41. The Balaban J connectivity index is 0. The van der Waals surface area contributed by atoms with Gasteiger partial charge in [0.15, 0.2) is 0 Å². The second-order valence-electron chi connectivity index (χ2n) is 5.93. The number of hydrogen-bond acceptors (Lipinski definition) is 1. The van der Waals surface area contributed by atoms with Gasteiger partial charge in [-0.3, -0.25) is 4.79 Å². The molecule has 0 atom stereocenters. The average molecular weight is 285 g/mol. The van der Waals surface area contributed by atoms with Crippen LogP contribution in [-0.4, -0.2) is 5.78 Å². The first-order valence-corrected chi connectivity index (χ1v) is 8.83. The largest absolute Gasteiger partial charge is 0.300 e. The van der Waals surface area contributed by atoms with Gasteiger partial charge >= 0.3 is 0 Å². The van der Waals surface area contributed by atoms with Gasteiger partial charge in [0.2, 0.25) is 0 Å². The molecule has 0 aromatic carbocycles. The van der Waals surface area contributed by atoms with Gasteiger partial charge in [0.1, 0.15) is 5.78 Å². The van der Waals surface area contributed by atoms with E-state index >= 15 is 0 Å². The summed E-state index contributed by atoms with van der Waals surface area (Å²) in [5, 5.41) is 0. The summed E-state index contributed by atoms with van der Waals surface area (Å²) in [6.45, 7) is 4.49. The zero-order valence-corrected chi connectivity index (χ0v) is 13.5. The van der Waals surface area contributed by atoms with Crippen molar-refractivity contribution >= 4 is 5.78 Å². The first-order chi connectivity index (χ1) is 9.31. The number of hydrogen-bond donors (Lipinski definition) is 0. The minimum Gasteiger partial charge on any atom is -0.300 e. The molecule has 0 aliphatic carbocycles. The van der Waals surface area contributed by atoms with Crippen molar-refractivity contribution in [3.63, 3.8) is 0 Å². The van der Waals surface area contributed by atoms with E-state index in [1.165, 1.54) is 70.6 Å². The van der Waals surface area contributed by atoms with Crippen molar-refractivity contribution < 1.29 is 4.79 Å². The zero-order chi connectivity index (χ0) is 14.2. The lowest BCUT2D eigenvalue weighted by atomic mass is 10.0. The fraction of sp³-hybridized carbons (Fsp3) is 0.947. The van der Waals surface area contributed by atoms with Crippen LogP contribution in [0.25, 0.3) is 0 Å². The lowest BCUT2D eigenvalue weighted by Crippen LogP contribution is -1.97. The summed E-state index contributed by atoms with van der Waals surface area (Å²) >= 11 is 0. The van der Waals surface area contributed by atoms with E-state index < -0.39 is 0 Å². The highest BCUT2D eigenvalue weighted by atomic mass is 16.1. The molecule has 0 spiro atoms. The first-order valence-electron chi connectivity index (χ1n) is 8.83. The van der Waals surface area contributed by atoms with Crippen molar-refractivity contribution in [2.45, 2.75) is 118 Å². The van der Waals surface area contributed by atoms with Crippen LogP contribution in [0.5, 0.6) is 0 Å². The maximum Gasteiger partial charge on any atom is 0.132 e. The summed E-state index contributed by atoms with van der Waals surface area (Å²) in [6, 6.07) is 0. The minimum absolute atomic E-state index is 0. The molecule has 0 fully saturated rings. The Morgan fingerprint density at radius 2 is 0.850 bits per heavy atom. The molecule has 0 heterocycles. The molecule has 0 saturated carbocycles. The topological polar surface area (TPSA) is 17.1 Å². The van der Waals surface area contributed by atoms with Crippen molar-refractivity contribution in [1.29, 1.82) is 0 Å². The van der Waals surface area contributed by atoms with E-state index in [-0.39, 0.29) is 7.43 Å². The predicted octanol–water partition coefficient (Wildman–Crippen LogP) is 7.08. The third-order valence-electron chi connectivity index (χ3n) is 3.87. The summed E-state index contributed by atoms with van der Waals surface area (Å²) in [5.41, 5.74) is 0. The monoisotopic (exact) mass is 284 g/mol. The smallest absolute Gasteiger partial charge is 0.132 e. The lowest BCUT2D eigenvalue weighted by molar-refractivity contribution is -0.119. The van der Waals surface area contributed by atoms with Gasteiger partial charge in [0, 0.05) is 12.8 Å². The third kappa shape index (κ3) is 17.7. The van der Waals surface area contributed by atoms with Crippen molar-refractivity contribution in [2.24, 2.45) is 0 Å². The Labute approximate surface area is 128 Å². The molecule has 0 N–H and O–H groups in total. The molecule has 0 aliphatic rings. The molecule has 0 aromatic rings. The molecule has 0 unspecified atom stereocenters. The molecule has 0 bridgehead atoms. The first kappa shape index (κ1) is 22.0. The maximum absolute atomic E-state index is 11.6. The summed E-state index contributed by atoms with van der Waals surface area (Å²) in [6.07, 6.45) is 18.5. The van der Waals surface area contributed by atoms with Crippen molar-refractivity contribution in [1.82, 2.24) is 0 Å². The summed E-state index contributed by atoms with van der Waals surface area (Å²) in [5.74, 6) is 0.502. The van der Waals surface area contributed by atoms with Crippen LogP contribution in [0.15, 0.2) is 0 Å². The summed E-state index contributed by atoms with van der Waals surface area (Å²) in [7, 11) is 0. The van der Waals surface area contributed by atoms with Gasteiger partial charge in [0.25, 0.3) is 0 Å². The zero-order valence-electron chi connectivity index (χ0n) is 13.5. The molecule has 0 aliphatic heterocycles. The van der Waals surface area contributed by atoms with Gasteiger partial charge < -0.3 is 0 Å². The molecule has 1 nitrogen and oxygen atoms in total. The van der Waals surface area contributed by atoms with Gasteiger partial charge in [-0.25, -0.2) is 0 Å². The van der Waals surface area contributed by atoms with E-state index in [4.69, 9.17) is 0 Å². The highest BCUT2D eigenvalue weighted by Crippen LogP contribution is 2.11. The molecule has 1 heteroatoms. The lowest BCUT2D eigenvalue weighted by Gasteiger charge is -2.02. The van der Waals surface area contributed by atoms with Crippen LogP contribution in [0.2, 0.25) is 0 Å². The van der Waals surface area contributed by atoms with Gasteiger partial charge in [-0.15, -0.1) is 0 Å². The van der Waals surface area contributed by atoms with Gasteiger partial charge in [-0.05, 0) is 12.8 Å². The highest BCUT2D eigenvalue weighted by Gasteiger charge is 2.01. The van der Waals surface area contributed by atoms with E-state index in [2.05, 4.69) is 13.8 Å². The summed E-state index contributed by atoms with van der Waals surface area (Å²) in [4.78, 5) is 11.6. The van der Waals surface area contributed by atoms with Crippen molar-refractivity contribution in [3.05, 3.63) is 0 Å². The van der Waals surface area contributed by atoms with Crippen LogP contribution in [0, 0.1) is 0 Å². The molecule has 20 heavy (non-hydrogen) atoms. The molecular formula is C19H40O. The molecule has 0 saturated heterocycles. The fourth-order valence-corrected chi connectivity index (χ4v) is 2.51. The number of rotatable bonds is 15. The number of ketones is 1. The molecule has 0 rings (SSSR count). The van der Waals surface area contributed by atoms with Gasteiger partial charge in [0.05, 0.1) is 0 Å². The quantitative estimate of drug-likeness (QED) is 0.293. The standard InChI is InChI=1S/C18H36O.CH4/c1-3-5-7-9-10-11-13-15-17-18(19)16-14-12-8-6-4-2;/h3-17H2,1-2H3;1H4. The normalized spacial score (nSPS) is 10.3. The van der Waals surface area contributed by atoms with E-state index in [1.54, 1.807) is 0 Å². The van der Waals surface area contributed by atoms with Gasteiger partial charge in [-0.1, -0.05) is 91.9 Å². The van der Waals surface area contributed by atoms with Crippen LogP contribution in [0.1, 0.15) is 118 Å². The second kappa shape index (κ2) is 18.7. The van der Waals surface area contributed by atoms with Crippen LogP contribution in [-0.2, 0) is 4.79 Å². The Hall–Kier alpha value is -0.330. The SMILES string of the molecule is C.CCCCCCCCCCC(=O)CCCCCCC. The van der Waals surface area contributed by atoms with Crippen LogP contribution in [0.3, 0.4) is 0 Å². The Morgan fingerprint density at radius 1 is 0.550 bits per heavy atom. The molecule has 0 amide bonds. The second-order valence-corrected chi connectivity index (χ2v) is 5.93. The fourth-order valence-electron chi connectivity index (χ4n) is 2.51. The number of unbranched alkanes of at least 4 members (excludes halogenated alkanes) is 11. The summed E-state index contributed by atoms with van der Waals surface area (Å²) < 4.78 is 0. The van der Waals surface area contributed by atoms with E-state index in [0.29, 0.717) is 5.78 Å². The van der Waals surface area contributed by atoms with E-state index in [1.807, 2.05) is 0 Å². The number of Topliss-reactive ketones (excluding diaryl/α,β-unsaturated/α-hetero) is 1. The Morgan fingerprint density at radius 3 is 1.20 bits per heavy atom. The number of carbonyl (C=O) groups excluding carboxylic acids is 1. The molecule has 122 valence electrons. The molecule has 0 radical (unpaired) electrons. The third-order valence-corrected chi connectivity index (χ3v) is 3.87. The van der Waals surface area contributed by atoms with E-state index in [9.17, 15) is 4.79 Å². The predicted molar refractivity (Wildman–Crippen MR) is 92.3 cm³/mol. The van der Waals surface area contributed by atoms with Crippen LogP contribution >= 0.6 is 0 Å². The van der Waals surface area contributed by atoms with Crippen molar-refractivity contribution in [2.75, 3.05) is 0 Å². The Kier molecular flexibility index (Phi) is 20.5.